The minimum atomic E-state index is -4.66. The molecule has 1 aromatic carbocycles. The van der Waals surface area contributed by atoms with Gasteiger partial charge in [0.15, 0.2) is 5.52 Å². The number of non-ortho nitro benzene ring substituents is 1. The van der Waals surface area contributed by atoms with Crippen LogP contribution in [0.4, 0.5) is 18.9 Å². The lowest BCUT2D eigenvalue weighted by molar-refractivity contribution is -0.383. The van der Waals surface area contributed by atoms with Crippen molar-refractivity contribution >= 4 is 16.7 Å². The van der Waals surface area contributed by atoms with E-state index in [9.17, 15) is 23.3 Å². The molecule has 0 atom stereocenters. The molecule has 5 nitrogen and oxygen atoms in total. The van der Waals surface area contributed by atoms with Crippen LogP contribution in [0.1, 0.15) is 5.56 Å². The van der Waals surface area contributed by atoms with Crippen molar-refractivity contribution in [1.29, 1.82) is 0 Å². The molecule has 0 saturated heterocycles. The molecule has 0 bridgehead atoms. The number of fused-ring (bicyclic) bond motifs is 1. The largest absolute Gasteiger partial charge is 0.416 e. The van der Waals surface area contributed by atoms with Crippen LogP contribution in [0.25, 0.3) is 11.0 Å². The number of alkyl halides is 3. The van der Waals surface area contributed by atoms with Crippen molar-refractivity contribution < 1.29 is 18.1 Å². The fourth-order valence-electron chi connectivity index (χ4n) is 1.36. The van der Waals surface area contributed by atoms with Gasteiger partial charge >= 0.3 is 6.18 Å². The number of nitro benzene ring substituents is 1. The number of rotatable bonds is 1. The van der Waals surface area contributed by atoms with Gasteiger partial charge in [0.05, 0.1) is 16.0 Å². The highest BCUT2D eigenvalue weighted by Crippen LogP contribution is 2.34. The number of hydrogen-bond acceptors (Lipinski definition) is 4. The number of halogens is 3. The second-order valence-corrected chi connectivity index (χ2v) is 3.17. The summed E-state index contributed by atoms with van der Waals surface area (Å²) in [5.74, 6) is 0. The van der Waals surface area contributed by atoms with E-state index in [4.69, 9.17) is 0 Å². The Bertz CT molecular complexity index is 598. The van der Waals surface area contributed by atoms with E-state index in [-0.39, 0.29) is 11.0 Å². The molecule has 1 heterocycles. The molecule has 0 amide bonds. The lowest BCUT2D eigenvalue weighted by atomic mass is 10.1. The molecule has 0 aliphatic carbocycles. The zero-order valence-electron chi connectivity index (χ0n) is 8.10. The molecule has 0 spiro atoms. The van der Waals surface area contributed by atoms with Gasteiger partial charge in [-0.15, -0.1) is 0 Å². The fraction of sp³-hybridized carbons (Fsp3) is 0.111. The summed E-state index contributed by atoms with van der Waals surface area (Å²) in [6.07, 6.45) is -2.30. The van der Waals surface area contributed by atoms with Gasteiger partial charge in [0, 0.05) is 18.5 Å². The van der Waals surface area contributed by atoms with Crippen molar-refractivity contribution in [2.75, 3.05) is 0 Å². The standard InChI is InChI=1S/C9H4F3N3O2/c10-9(11,12)5-3-6-8(14-2-1-13-6)7(4-5)15(16)17/h1-4H. The van der Waals surface area contributed by atoms with Crippen LogP contribution in [-0.4, -0.2) is 14.9 Å². The summed E-state index contributed by atoms with van der Waals surface area (Å²) < 4.78 is 37.5. The average Bonchev–Trinajstić information content (AvgIpc) is 2.26. The van der Waals surface area contributed by atoms with E-state index in [0.717, 1.165) is 6.07 Å². The molecule has 0 aliphatic rings. The van der Waals surface area contributed by atoms with Gasteiger partial charge in [-0.2, -0.15) is 13.2 Å². The molecule has 1 aromatic heterocycles. The molecule has 8 heteroatoms. The highest BCUT2D eigenvalue weighted by atomic mass is 19.4. The van der Waals surface area contributed by atoms with Gasteiger partial charge < -0.3 is 0 Å². The smallest absolute Gasteiger partial charge is 0.258 e. The second-order valence-electron chi connectivity index (χ2n) is 3.17. The molecule has 0 saturated carbocycles. The van der Waals surface area contributed by atoms with Crippen molar-refractivity contribution in [3.63, 3.8) is 0 Å². The Morgan fingerprint density at radius 1 is 1.18 bits per heavy atom. The molecule has 2 aromatic rings. The average molecular weight is 243 g/mol. The third-order valence-corrected chi connectivity index (χ3v) is 2.08. The van der Waals surface area contributed by atoms with E-state index in [0.29, 0.717) is 6.07 Å². The predicted octanol–water partition coefficient (Wildman–Crippen LogP) is 2.56. The predicted molar refractivity (Wildman–Crippen MR) is 51.2 cm³/mol. The molecule has 0 radical (unpaired) electrons. The maximum atomic E-state index is 12.5. The van der Waals surface area contributed by atoms with Gasteiger partial charge in [0.2, 0.25) is 0 Å². The Kier molecular flexibility index (Phi) is 2.41. The Morgan fingerprint density at radius 2 is 1.82 bits per heavy atom. The fourth-order valence-corrected chi connectivity index (χ4v) is 1.36. The maximum absolute atomic E-state index is 12.5. The number of aromatic nitrogens is 2. The SMILES string of the molecule is O=[N+]([O-])c1cc(C(F)(F)F)cc2nccnc12. The van der Waals surface area contributed by atoms with Crippen molar-refractivity contribution in [3.05, 3.63) is 40.2 Å². The molecular formula is C9H4F3N3O2. The van der Waals surface area contributed by atoms with Gasteiger partial charge in [-0.3, -0.25) is 15.1 Å². The van der Waals surface area contributed by atoms with E-state index in [1.807, 2.05) is 0 Å². The second kappa shape index (κ2) is 3.65. The Morgan fingerprint density at radius 3 is 2.41 bits per heavy atom. The number of benzene rings is 1. The molecule has 2 rings (SSSR count). The van der Waals surface area contributed by atoms with Crippen LogP contribution in [0.2, 0.25) is 0 Å². The van der Waals surface area contributed by atoms with Crippen molar-refractivity contribution in [1.82, 2.24) is 9.97 Å². The van der Waals surface area contributed by atoms with Gasteiger partial charge in [0.25, 0.3) is 5.69 Å². The highest BCUT2D eigenvalue weighted by Gasteiger charge is 2.33. The first kappa shape index (κ1) is 11.2. The van der Waals surface area contributed by atoms with Crippen LogP contribution in [0.3, 0.4) is 0 Å². The summed E-state index contributed by atoms with van der Waals surface area (Å²) in [7, 11) is 0. The van der Waals surface area contributed by atoms with Gasteiger partial charge in [0.1, 0.15) is 0 Å². The summed E-state index contributed by atoms with van der Waals surface area (Å²) in [6, 6.07) is 1.19. The summed E-state index contributed by atoms with van der Waals surface area (Å²) in [4.78, 5) is 17.0. The Labute approximate surface area is 92.1 Å². The third-order valence-electron chi connectivity index (χ3n) is 2.08. The molecule has 0 fully saturated rings. The number of nitrogens with zero attached hydrogens (tertiary/aromatic N) is 3. The molecule has 17 heavy (non-hydrogen) atoms. The number of hydrogen-bond donors (Lipinski definition) is 0. The van der Waals surface area contributed by atoms with Gasteiger partial charge in [-0.05, 0) is 6.07 Å². The summed E-state index contributed by atoms with van der Waals surface area (Å²) in [5.41, 5.74) is -2.14. The van der Waals surface area contributed by atoms with E-state index >= 15 is 0 Å². The minimum absolute atomic E-state index is 0.158. The first-order chi connectivity index (χ1) is 7.89. The molecule has 0 N–H and O–H groups in total. The van der Waals surface area contributed by atoms with Gasteiger partial charge in [-0.25, -0.2) is 4.98 Å². The third kappa shape index (κ3) is 2.01. The molecule has 88 valence electrons. The van der Waals surface area contributed by atoms with E-state index in [1.165, 1.54) is 12.4 Å². The number of nitro groups is 1. The van der Waals surface area contributed by atoms with Crippen LogP contribution in [-0.2, 0) is 6.18 Å². The first-order valence-electron chi connectivity index (χ1n) is 4.36. The molecule has 0 unspecified atom stereocenters. The quantitative estimate of drug-likeness (QED) is 0.570. The Hall–Kier alpha value is -2.25. The van der Waals surface area contributed by atoms with Crippen LogP contribution < -0.4 is 0 Å². The monoisotopic (exact) mass is 243 g/mol. The first-order valence-corrected chi connectivity index (χ1v) is 4.36. The van der Waals surface area contributed by atoms with Crippen molar-refractivity contribution in [2.45, 2.75) is 6.18 Å². The highest BCUT2D eigenvalue weighted by molar-refractivity contribution is 5.84. The molecule has 0 aliphatic heterocycles. The van der Waals surface area contributed by atoms with Crippen LogP contribution in [0, 0.1) is 10.1 Å². The van der Waals surface area contributed by atoms with Crippen LogP contribution in [0.15, 0.2) is 24.5 Å². The maximum Gasteiger partial charge on any atom is 0.416 e. The lowest BCUT2D eigenvalue weighted by Crippen LogP contribution is -2.06. The van der Waals surface area contributed by atoms with Crippen LogP contribution in [0.5, 0.6) is 0 Å². The topological polar surface area (TPSA) is 68.9 Å². The summed E-state index contributed by atoms with van der Waals surface area (Å²) in [6.45, 7) is 0. The zero-order valence-corrected chi connectivity index (χ0v) is 8.10. The summed E-state index contributed by atoms with van der Waals surface area (Å²) >= 11 is 0. The lowest BCUT2D eigenvalue weighted by Gasteiger charge is -2.07. The molecular weight excluding hydrogens is 239 g/mol. The Balaban J connectivity index is 2.81. The van der Waals surface area contributed by atoms with E-state index in [1.54, 1.807) is 0 Å². The van der Waals surface area contributed by atoms with E-state index < -0.39 is 22.4 Å². The van der Waals surface area contributed by atoms with Crippen molar-refractivity contribution in [2.24, 2.45) is 0 Å². The van der Waals surface area contributed by atoms with Crippen LogP contribution >= 0.6 is 0 Å². The zero-order chi connectivity index (χ0) is 12.6. The van der Waals surface area contributed by atoms with Crippen molar-refractivity contribution in [3.8, 4) is 0 Å². The van der Waals surface area contributed by atoms with E-state index in [2.05, 4.69) is 9.97 Å². The summed E-state index contributed by atoms with van der Waals surface area (Å²) in [5, 5.41) is 10.7. The minimum Gasteiger partial charge on any atom is -0.258 e. The van der Waals surface area contributed by atoms with Gasteiger partial charge in [-0.1, -0.05) is 0 Å². The normalized spacial score (nSPS) is 11.7.